The largest absolute Gasteiger partial charge is 0.416 e. The lowest BCUT2D eigenvalue weighted by atomic mass is 9.97. The number of hydrogen-bond acceptors (Lipinski definition) is 5. The Morgan fingerprint density at radius 3 is 2.67 bits per heavy atom. The van der Waals surface area contributed by atoms with Gasteiger partial charge >= 0.3 is 6.18 Å². The van der Waals surface area contributed by atoms with E-state index in [9.17, 15) is 18.0 Å². The Kier molecular flexibility index (Phi) is 7.35. The van der Waals surface area contributed by atoms with E-state index in [4.69, 9.17) is 0 Å². The summed E-state index contributed by atoms with van der Waals surface area (Å²) in [7, 11) is 0. The molecule has 0 radical (unpaired) electrons. The summed E-state index contributed by atoms with van der Waals surface area (Å²) >= 11 is 0. The number of nitrogens with zero attached hydrogens (tertiary/aromatic N) is 6. The number of likely N-dealkylation sites (tertiary alicyclic amines) is 1. The molecule has 7 nitrogen and oxygen atoms in total. The predicted octanol–water partition coefficient (Wildman–Crippen LogP) is 5.66. The van der Waals surface area contributed by atoms with Crippen LogP contribution in [-0.2, 0) is 19.1 Å². The molecule has 5 aromatic rings. The maximum Gasteiger partial charge on any atom is 0.416 e. The summed E-state index contributed by atoms with van der Waals surface area (Å²) < 4.78 is 44.8. The summed E-state index contributed by atoms with van der Waals surface area (Å²) in [6, 6.07) is 12.5. The molecule has 212 valence electrons. The van der Waals surface area contributed by atoms with Crippen molar-refractivity contribution in [2.24, 2.45) is 0 Å². The second-order valence-corrected chi connectivity index (χ2v) is 10.5. The van der Waals surface area contributed by atoms with Crippen molar-refractivity contribution >= 4 is 11.4 Å². The molecule has 0 unspecified atom stereocenters. The zero-order chi connectivity index (χ0) is 29.3. The third kappa shape index (κ3) is 5.97. The van der Waals surface area contributed by atoms with Gasteiger partial charge in [-0.05, 0) is 86.3 Å². The molecule has 2 aromatic carbocycles. The quantitative estimate of drug-likeness (QED) is 0.195. The molecule has 0 N–H and O–H groups in total. The number of Topliss-reactive ketones (excluding diaryl/α,β-unsaturated/α-hetero) is 1. The number of carbonyl (C=O) groups is 1. The molecule has 1 fully saturated rings. The molecule has 0 bridgehead atoms. The van der Waals surface area contributed by atoms with Gasteiger partial charge in [0.15, 0.2) is 11.4 Å². The molecule has 0 saturated carbocycles. The first-order valence-corrected chi connectivity index (χ1v) is 13.6. The molecular weight excluding hydrogens is 541 g/mol. The fourth-order valence-electron chi connectivity index (χ4n) is 5.11. The monoisotopic (exact) mass is 568 g/mol. The highest BCUT2D eigenvalue weighted by molar-refractivity contribution is 5.98. The van der Waals surface area contributed by atoms with Crippen LogP contribution >= 0.6 is 0 Å². The number of alkyl halides is 3. The van der Waals surface area contributed by atoms with Gasteiger partial charge in [0.2, 0.25) is 0 Å². The van der Waals surface area contributed by atoms with Crippen LogP contribution in [-0.4, -0.2) is 47.9 Å². The number of carbonyl (C=O) groups excluding carboxylic acids is 1. The molecule has 6 rings (SSSR count). The number of benzene rings is 2. The van der Waals surface area contributed by atoms with Gasteiger partial charge in [-0.3, -0.25) is 9.69 Å². The first kappa shape index (κ1) is 27.4. The van der Waals surface area contributed by atoms with Crippen molar-refractivity contribution in [3.05, 3.63) is 113 Å². The van der Waals surface area contributed by atoms with E-state index in [1.54, 1.807) is 58.0 Å². The van der Waals surface area contributed by atoms with E-state index in [2.05, 4.69) is 31.8 Å². The lowest BCUT2D eigenvalue weighted by molar-refractivity contribution is -0.137. The van der Waals surface area contributed by atoms with Crippen LogP contribution in [0, 0.1) is 18.8 Å². The number of halogens is 3. The van der Waals surface area contributed by atoms with Crippen LogP contribution in [0.15, 0.2) is 73.4 Å². The molecule has 42 heavy (non-hydrogen) atoms. The minimum atomic E-state index is -4.56. The van der Waals surface area contributed by atoms with E-state index in [1.807, 2.05) is 13.0 Å². The molecular formula is C32H27F3N6O. The van der Waals surface area contributed by atoms with Crippen molar-refractivity contribution in [1.29, 1.82) is 0 Å². The smallest absolute Gasteiger partial charge is 0.306 e. The lowest BCUT2D eigenvalue weighted by Gasteiger charge is -2.13. The maximum atomic E-state index is 13.9. The highest BCUT2D eigenvalue weighted by atomic mass is 19.4. The summed E-state index contributed by atoms with van der Waals surface area (Å²) in [6.07, 6.45) is 4.07. The Labute approximate surface area is 240 Å². The minimum absolute atomic E-state index is 0.195. The highest BCUT2D eigenvalue weighted by Gasteiger charge is 2.31. The normalized spacial score (nSPS) is 13.8. The molecule has 4 heterocycles. The van der Waals surface area contributed by atoms with E-state index in [0.717, 1.165) is 49.3 Å². The second-order valence-electron chi connectivity index (χ2n) is 10.5. The van der Waals surface area contributed by atoms with Gasteiger partial charge in [0, 0.05) is 42.2 Å². The van der Waals surface area contributed by atoms with Crippen LogP contribution in [0.3, 0.4) is 0 Å². The molecule has 1 aliphatic heterocycles. The maximum absolute atomic E-state index is 13.9. The van der Waals surface area contributed by atoms with E-state index >= 15 is 0 Å². The summed E-state index contributed by atoms with van der Waals surface area (Å²) in [6.45, 7) is 4.52. The van der Waals surface area contributed by atoms with Gasteiger partial charge < -0.3 is 4.57 Å². The zero-order valence-corrected chi connectivity index (χ0v) is 22.9. The van der Waals surface area contributed by atoms with Gasteiger partial charge in [-0.25, -0.2) is 14.5 Å². The minimum Gasteiger partial charge on any atom is -0.306 e. The molecule has 0 spiro atoms. The van der Waals surface area contributed by atoms with Crippen LogP contribution in [0.4, 0.5) is 13.2 Å². The summed E-state index contributed by atoms with van der Waals surface area (Å²) in [5.41, 5.74) is 3.70. The number of aryl methyl sites for hydroxylation is 1. The Hall–Kier alpha value is -4.75. The standard InChI is InChI=1S/C32H27F3N6O/c1-22-6-7-25(16-24(22)8-9-28-18-36-31-5-4-10-38-41(28)31)30(42)15-23-13-26(32(33,34)35)17-29(14-23)40-20-27(37-21-40)19-39-11-2-3-12-39/h4-7,10,13-14,16-18,20-21H,2-3,11-12,15,19H2,1H3. The Morgan fingerprint density at radius 2 is 1.86 bits per heavy atom. The number of ketones is 1. The Balaban J connectivity index is 1.26. The number of hydrogen-bond donors (Lipinski definition) is 0. The van der Waals surface area contributed by atoms with E-state index in [1.165, 1.54) is 6.33 Å². The van der Waals surface area contributed by atoms with Crippen molar-refractivity contribution < 1.29 is 18.0 Å². The molecule has 0 amide bonds. The van der Waals surface area contributed by atoms with Crippen LogP contribution < -0.4 is 0 Å². The van der Waals surface area contributed by atoms with Gasteiger partial charge in [-0.15, -0.1) is 0 Å². The molecule has 0 aliphatic carbocycles. The fraction of sp³-hybridized carbons (Fsp3) is 0.250. The zero-order valence-electron chi connectivity index (χ0n) is 22.9. The van der Waals surface area contributed by atoms with Crippen molar-refractivity contribution in [2.75, 3.05) is 13.1 Å². The predicted molar refractivity (Wildman–Crippen MR) is 151 cm³/mol. The highest BCUT2D eigenvalue weighted by Crippen LogP contribution is 2.32. The van der Waals surface area contributed by atoms with Crippen molar-refractivity contribution in [1.82, 2.24) is 29.0 Å². The van der Waals surface area contributed by atoms with Crippen LogP contribution in [0.2, 0.25) is 0 Å². The van der Waals surface area contributed by atoms with E-state index in [0.29, 0.717) is 34.7 Å². The van der Waals surface area contributed by atoms with Crippen LogP contribution in [0.5, 0.6) is 0 Å². The van der Waals surface area contributed by atoms with Gasteiger partial charge in [0.05, 0.1) is 23.8 Å². The first-order chi connectivity index (χ1) is 20.2. The lowest BCUT2D eigenvalue weighted by Crippen LogP contribution is -2.18. The first-order valence-electron chi connectivity index (χ1n) is 13.6. The third-order valence-electron chi connectivity index (χ3n) is 7.35. The van der Waals surface area contributed by atoms with Crippen LogP contribution in [0.1, 0.15) is 56.8 Å². The Bertz CT molecular complexity index is 1840. The van der Waals surface area contributed by atoms with Gasteiger partial charge in [0.1, 0.15) is 5.69 Å². The number of imidazole rings is 2. The van der Waals surface area contributed by atoms with Gasteiger partial charge in [-0.1, -0.05) is 18.1 Å². The van der Waals surface area contributed by atoms with E-state index < -0.39 is 11.7 Å². The average Bonchev–Trinajstić information content (AvgIpc) is 3.74. The van der Waals surface area contributed by atoms with Gasteiger partial charge in [0.25, 0.3) is 0 Å². The van der Waals surface area contributed by atoms with Gasteiger partial charge in [-0.2, -0.15) is 18.3 Å². The summed E-state index contributed by atoms with van der Waals surface area (Å²) in [5, 5.41) is 4.26. The number of rotatable bonds is 6. The Morgan fingerprint density at radius 1 is 1.02 bits per heavy atom. The van der Waals surface area contributed by atoms with Crippen molar-refractivity contribution in [2.45, 2.75) is 38.9 Å². The second kappa shape index (κ2) is 11.3. The topological polar surface area (TPSA) is 68.3 Å². The average molecular weight is 569 g/mol. The molecule has 3 aromatic heterocycles. The molecule has 0 atom stereocenters. The van der Waals surface area contributed by atoms with Crippen molar-refractivity contribution in [3.8, 4) is 17.5 Å². The SMILES string of the molecule is Cc1ccc(C(=O)Cc2cc(-n3cnc(CN4CCCC4)c3)cc(C(F)(F)F)c2)cc1C#Cc1cnc2cccnn12. The number of aromatic nitrogens is 5. The molecule has 10 heteroatoms. The molecule has 1 saturated heterocycles. The summed E-state index contributed by atoms with van der Waals surface area (Å²) in [5.74, 6) is 5.84. The molecule has 1 aliphatic rings. The third-order valence-corrected chi connectivity index (χ3v) is 7.35. The van der Waals surface area contributed by atoms with Crippen molar-refractivity contribution in [3.63, 3.8) is 0 Å². The number of fused-ring (bicyclic) bond motifs is 1. The fourth-order valence-corrected chi connectivity index (χ4v) is 5.11. The van der Waals surface area contributed by atoms with E-state index in [-0.39, 0.29) is 17.8 Å². The van der Waals surface area contributed by atoms with Crippen LogP contribution in [0.25, 0.3) is 11.3 Å². The summed E-state index contributed by atoms with van der Waals surface area (Å²) in [4.78, 5) is 24.3.